The third kappa shape index (κ3) is 22.4. The Morgan fingerprint density at radius 2 is 0.841 bits per heavy atom. The zero-order valence-electron chi connectivity index (χ0n) is 75.4. The molecule has 0 spiro atoms. The van der Waals surface area contributed by atoms with Gasteiger partial charge in [-0.15, -0.1) is 0 Å². The molecular weight excluding hydrogens is 1960 g/mol. The van der Waals surface area contributed by atoms with E-state index in [0.29, 0.717) is 40.0 Å². The van der Waals surface area contributed by atoms with Crippen LogP contribution < -0.4 is 55.1 Å². The second-order valence-corrected chi connectivity index (χ2v) is 38.8. The summed E-state index contributed by atoms with van der Waals surface area (Å²) in [6, 6.07) is 7.33. The molecule has 10 aromatic rings. The fraction of sp³-hybridized carbons (Fsp3) is 0.519. The number of aryl methyl sites for hydroxylation is 4. The van der Waals surface area contributed by atoms with E-state index < -0.39 is 140 Å². The van der Waals surface area contributed by atoms with Gasteiger partial charge in [-0.2, -0.15) is 95.7 Å². The summed E-state index contributed by atoms with van der Waals surface area (Å²) >= 11 is 8.72. The number of hydrogen-bond acceptors (Lipinski definition) is 30. The number of nitrogens with one attached hydrogen (secondary N) is 5. The number of alkyl halides is 9. The van der Waals surface area contributed by atoms with Gasteiger partial charge in [0.25, 0.3) is 0 Å². The molecule has 4 aliphatic carbocycles. The summed E-state index contributed by atoms with van der Waals surface area (Å²) in [6.07, 6.45) is -7.82. The Balaban J connectivity index is 0.000000144. The topological polar surface area (TPSA) is 487 Å². The predicted molar refractivity (Wildman–Crippen MR) is 462 cm³/mol. The average Bonchev–Trinajstić information content (AvgIpc) is 1.53. The number of anilines is 5. The van der Waals surface area contributed by atoms with Gasteiger partial charge in [0.2, 0.25) is 22.9 Å². The third-order valence-electron chi connectivity index (χ3n) is 24.3. The number of likely N-dealkylation sites (N-methyl/N-ethyl adjacent to an activating group) is 1. The molecule has 59 heteroatoms. The summed E-state index contributed by atoms with van der Waals surface area (Å²) in [6.45, 7) is 17.7. The number of fused-ring (bicyclic) bond motifs is 1. The molecule has 4 aliphatic heterocycles. The number of piperidine rings is 2. The minimum absolute atomic E-state index is 0.00722. The maximum atomic E-state index is 15.2. The maximum Gasteiger partial charge on any atom is 0.587 e. The van der Waals surface area contributed by atoms with Crippen LogP contribution in [0.4, 0.5) is 106 Å². The first-order valence-electron chi connectivity index (χ1n) is 42.1. The quantitative estimate of drug-likeness (QED) is 0.0131. The Labute approximate surface area is 782 Å². The molecule has 4 saturated carbocycles. The zero-order valence-corrected chi connectivity index (χ0v) is 77.7. The van der Waals surface area contributed by atoms with Crippen molar-refractivity contribution in [3.63, 3.8) is 0 Å². The summed E-state index contributed by atoms with van der Waals surface area (Å²) < 4.78 is 219. The molecule has 8 aliphatic rings. The highest BCUT2D eigenvalue weighted by molar-refractivity contribution is 9.10. The van der Waals surface area contributed by atoms with Crippen LogP contribution in [0.25, 0.3) is 22.7 Å². The van der Waals surface area contributed by atoms with E-state index in [0.717, 1.165) is 101 Å². The van der Waals surface area contributed by atoms with Crippen LogP contribution in [-0.4, -0.2) is 205 Å². The van der Waals surface area contributed by atoms with Crippen LogP contribution in [0.1, 0.15) is 148 Å². The Morgan fingerprint density at radius 1 is 0.500 bits per heavy atom. The van der Waals surface area contributed by atoms with Crippen LogP contribution in [0.3, 0.4) is 0 Å². The van der Waals surface area contributed by atoms with E-state index in [2.05, 4.69) is 166 Å². The molecule has 7 N–H and O–H groups in total. The van der Waals surface area contributed by atoms with Gasteiger partial charge in [0.15, 0.2) is 23.3 Å². The Hall–Kier alpha value is -12.9. The first-order chi connectivity index (χ1) is 63.9. The summed E-state index contributed by atoms with van der Waals surface area (Å²) in [5, 5.41) is 65.9. The lowest BCUT2D eigenvalue weighted by atomic mass is 9.61. The number of nitrogen functional groups attached to an aromatic ring is 1. The molecule has 10 heterocycles. The molecule has 4 aromatic carbocycles. The van der Waals surface area contributed by atoms with Crippen molar-refractivity contribution in [2.75, 3.05) is 41.8 Å². The van der Waals surface area contributed by atoms with E-state index in [-0.39, 0.29) is 163 Å². The number of nitro groups is 2. The number of rotatable bonds is 16. The molecule has 138 heavy (non-hydrogen) atoms. The van der Waals surface area contributed by atoms with Crippen LogP contribution in [0, 0.1) is 78.8 Å². The Bertz CT molecular complexity index is 6630. The molecule has 8 fully saturated rings. The second kappa shape index (κ2) is 37.5. The molecule has 0 bridgehead atoms. The number of hydrogen-bond donors (Lipinski definition) is 6. The number of quaternary nitrogens is 1. The highest BCUT2D eigenvalue weighted by Gasteiger charge is 2.73. The summed E-state index contributed by atoms with van der Waals surface area (Å²) in [7, 11) is 7.18. The summed E-state index contributed by atoms with van der Waals surface area (Å²) in [4.78, 5) is 106. The average molecular weight is 2050 g/mol. The molecule has 0 amide bonds. The van der Waals surface area contributed by atoms with E-state index in [1.54, 1.807) is 0 Å². The predicted octanol–water partition coefficient (Wildman–Crippen LogP) is 10.9. The van der Waals surface area contributed by atoms with Gasteiger partial charge in [-0.05, 0) is 246 Å². The van der Waals surface area contributed by atoms with E-state index >= 15 is 4.39 Å². The lowest BCUT2D eigenvalue weighted by Gasteiger charge is -2.46. The standard InChI is InChI=1S/C25H30F5N9O.C13H20ClFN4.C12H9F4N5O3.C12H11F4N5O.C9H14BNO4.C8H5BrFN5O3/c1-23(2)9-12(10-24(3,4)35-23)32-20-17(27)11-31-21(34-20)33-18-8-19(39-22(40)38(5)36-37-39)14(7-16(18)26)13-6-15(13)25(28,29)30;1-12(2)5-8(6-13(3,4)19-12)17-10-9(15)7-16-11(14)18-10;1-19-11(22)20(18-17-19)9-4-10(21(23)24)8(13)3-6(9)5-2-7(5)12(14,15)16;1-20-11(22)21(19-18-20)10-4-9(17)8(13)3-6(10)5-2-7(5)12(14,15)16;1-6-3-7(6)10-11(2,4-8(12)14-10)5-9(13)15-10;1-13-8(16)14(12-11-13)6-3-7(15(17)18)5(10)2-4(6)9/h7-8,11-13,15,35H,6,9-10H2,1-5H3,(H2,31,32,33,34);7-8,19H,5-6H2,1-4H3,(H,16,17,18);3-5,7H,2H2,1H3;3-5,7H,2,17H2,1H3;6-7H,3-5H2,1-2H3;2-3H,1H3/t13-,15+;;2*5-,7+;6-,7-,10?,11?;/m1.111./s1. The van der Waals surface area contributed by atoms with E-state index in [1.165, 1.54) is 28.2 Å². The number of nitro benzene ring substituents is 2. The van der Waals surface area contributed by atoms with Crippen molar-refractivity contribution < 1.29 is 99.0 Å². The van der Waals surface area contributed by atoms with Crippen molar-refractivity contribution in [2.24, 2.45) is 51.9 Å². The second-order valence-electron chi connectivity index (χ2n) is 37.6. The van der Waals surface area contributed by atoms with Gasteiger partial charge >= 0.3 is 71.3 Å². The van der Waals surface area contributed by atoms with Gasteiger partial charge in [-0.3, -0.25) is 29.8 Å². The number of halogens is 17. The highest BCUT2D eigenvalue weighted by Crippen LogP contribution is 2.61. The van der Waals surface area contributed by atoms with Crippen LogP contribution >= 0.6 is 27.5 Å². The first kappa shape index (κ1) is 103. The Morgan fingerprint density at radius 3 is 1.20 bits per heavy atom. The van der Waals surface area contributed by atoms with Gasteiger partial charge in [0.1, 0.15) is 24.7 Å². The molecule has 0 unspecified atom stereocenters. The zero-order chi connectivity index (χ0) is 102. The molecule has 6 aromatic heterocycles. The largest absolute Gasteiger partial charge is 0.600 e. The number of nitrogens with zero attached hydrogens (tertiary/aromatic N) is 23. The number of carbonyl (C=O) groups excluding carboxylic acids is 2. The van der Waals surface area contributed by atoms with Crippen molar-refractivity contribution in [3.05, 3.63) is 184 Å². The third-order valence-corrected chi connectivity index (χ3v) is 25.1. The fourth-order valence-electron chi connectivity index (χ4n) is 18.3. The molecule has 41 nitrogen and oxygen atoms in total. The minimum Gasteiger partial charge on any atom is -0.600 e. The van der Waals surface area contributed by atoms with Crippen LogP contribution in [0.2, 0.25) is 11.1 Å². The summed E-state index contributed by atoms with van der Waals surface area (Å²) in [5.41, 5.74) is -0.401. The van der Waals surface area contributed by atoms with E-state index in [4.69, 9.17) is 26.6 Å². The van der Waals surface area contributed by atoms with Gasteiger partial charge < -0.3 is 46.0 Å². The minimum atomic E-state index is -4.48. The highest BCUT2D eigenvalue weighted by atomic mass is 79.9. The van der Waals surface area contributed by atoms with Crippen molar-refractivity contribution in [1.82, 2.24) is 110 Å². The molecular formula is C79H89BBrClF15N29O12. The maximum absolute atomic E-state index is 15.2. The molecule has 18 rings (SSSR count). The number of carbonyl (C=O) groups is 2. The van der Waals surface area contributed by atoms with Crippen molar-refractivity contribution in [3.8, 4) is 22.7 Å². The van der Waals surface area contributed by atoms with Gasteiger partial charge in [0, 0.05) is 86.1 Å². The first-order valence-corrected chi connectivity index (χ1v) is 43.3. The number of benzene rings is 4. The normalized spacial score (nSPS) is 23.5. The molecule has 0 radical (unpaired) electrons. The van der Waals surface area contributed by atoms with Crippen molar-refractivity contribution >= 4 is 86.5 Å². The SMILES string of the molecule is CC1(C)CC(Nc2nc(Cl)ncc2F)CC(C)(C)N1.C[C@@H]1C[C@H]1[B-]12OC(=O)C[N+]1(C)CC(=O)O2.Cn1nnn(-c2cc(N)c(F)cc2[C@H]2C[C@@H]2C(F)(F)F)c1=O.Cn1nnn(-c2cc(Nc3ncc(F)c(NC4CC(C)(C)NC(C)(C)C4)n3)c(F)cc2[C@H]2C[C@@H]2C(F)(F)F)c1=O.Cn1nnn(-c2cc([N+](=O)[O-])c(F)cc2Br)c1=O.Cn1nnn(-c2cc([N+](=O)[O-])c(F)cc2[C@H]2C[C@@H]2C(F)(F)F)c1=O. The fourth-order valence-corrected chi connectivity index (χ4v) is 19.0. The number of tetrazole rings is 4. The van der Waals surface area contributed by atoms with E-state index in [9.17, 15) is 110 Å². The van der Waals surface area contributed by atoms with Gasteiger partial charge in [-0.1, -0.05) is 19.3 Å². The molecule has 4 saturated heterocycles. The lowest BCUT2D eigenvalue weighted by Crippen LogP contribution is -2.60. The van der Waals surface area contributed by atoms with Crippen molar-refractivity contribution in [2.45, 2.75) is 190 Å². The molecule has 744 valence electrons. The number of aromatic nitrogens is 20. The lowest BCUT2D eigenvalue weighted by molar-refractivity contribution is -0.794. The van der Waals surface area contributed by atoms with Gasteiger partial charge in [-0.25, -0.2) is 46.7 Å². The van der Waals surface area contributed by atoms with Gasteiger partial charge in [0.05, 0.1) is 74.1 Å². The number of nitrogens with two attached hydrogens (primary N) is 1. The van der Waals surface area contributed by atoms with Crippen LogP contribution in [0.15, 0.2) is 84.6 Å². The van der Waals surface area contributed by atoms with Crippen LogP contribution in [-0.2, 0) is 47.1 Å². The monoisotopic (exact) mass is 2050 g/mol. The smallest absolute Gasteiger partial charge is 0.587 e. The summed E-state index contributed by atoms with van der Waals surface area (Å²) in [5.74, 6) is -12.9. The van der Waals surface area contributed by atoms with E-state index in [1.807, 2.05) is 7.05 Å². The van der Waals surface area contributed by atoms with Crippen LogP contribution in [0.5, 0.6) is 0 Å². The Kier molecular flexibility index (Phi) is 27.8. The van der Waals surface area contributed by atoms with Crippen molar-refractivity contribution in [1.29, 1.82) is 0 Å². The molecule has 8 atom stereocenters.